The molecule has 0 saturated heterocycles. The molecule has 0 bridgehead atoms. The Bertz CT molecular complexity index is 496. The van der Waals surface area contributed by atoms with Crippen LogP contribution >= 0.6 is 11.6 Å². The van der Waals surface area contributed by atoms with Crippen molar-refractivity contribution in [3.8, 4) is 11.5 Å². The van der Waals surface area contributed by atoms with Crippen LogP contribution in [0.25, 0.3) is 0 Å². The first-order valence-corrected chi connectivity index (χ1v) is 6.60. The topological polar surface area (TPSA) is 55.8 Å². The number of benzene rings is 1. The van der Waals surface area contributed by atoms with E-state index in [-0.39, 0.29) is 0 Å². The van der Waals surface area contributed by atoms with Crippen molar-refractivity contribution in [3.05, 3.63) is 22.7 Å². The summed E-state index contributed by atoms with van der Waals surface area (Å²) in [5, 5.41) is 9.71. The molecule has 0 saturated carbocycles. The zero-order valence-electron chi connectivity index (χ0n) is 11.0. The van der Waals surface area contributed by atoms with Gasteiger partial charge in [-0.05, 0) is 31.9 Å². The molecule has 104 valence electrons. The Morgan fingerprint density at radius 1 is 1.32 bits per heavy atom. The first-order valence-electron chi connectivity index (χ1n) is 6.22. The molecule has 1 heterocycles. The van der Waals surface area contributed by atoms with Crippen LogP contribution < -0.4 is 9.47 Å². The quantitative estimate of drug-likeness (QED) is 0.926. The van der Waals surface area contributed by atoms with E-state index in [9.17, 15) is 9.90 Å². The predicted molar refractivity (Wildman–Crippen MR) is 72.2 cm³/mol. The lowest BCUT2D eigenvalue weighted by Crippen LogP contribution is -2.26. The summed E-state index contributed by atoms with van der Waals surface area (Å²) in [5.74, 6) is 0.267. The van der Waals surface area contributed by atoms with E-state index in [1.165, 1.54) is 0 Å². The monoisotopic (exact) mass is 284 g/mol. The number of hydrogen-bond acceptors (Lipinski definition) is 3. The predicted octanol–water partition coefficient (Wildman–Crippen LogP) is 3.15. The molecule has 1 aliphatic heterocycles. The van der Waals surface area contributed by atoms with E-state index in [1.807, 2.05) is 0 Å². The maximum Gasteiger partial charge on any atom is 0.309 e. The van der Waals surface area contributed by atoms with Gasteiger partial charge in [0.05, 0.1) is 23.7 Å². The number of hydrogen-bond donors (Lipinski definition) is 1. The lowest BCUT2D eigenvalue weighted by atomic mass is 9.85. The van der Waals surface area contributed by atoms with Crippen LogP contribution in [0.3, 0.4) is 0 Å². The first kappa shape index (κ1) is 14.0. The van der Waals surface area contributed by atoms with Crippen molar-refractivity contribution in [2.75, 3.05) is 13.2 Å². The SMILES string of the molecule is CC(C)(Cc1ccc(Cl)c2c1OCCCO2)C(=O)O. The second kappa shape index (κ2) is 5.29. The molecule has 19 heavy (non-hydrogen) atoms. The van der Waals surface area contributed by atoms with Gasteiger partial charge in [-0.15, -0.1) is 0 Å². The molecule has 2 rings (SSSR count). The van der Waals surface area contributed by atoms with Crippen LogP contribution in [0.5, 0.6) is 11.5 Å². The van der Waals surface area contributed by atoms with Crippen molar-refractivity contribution in [2.45, 2.75) is 26.7 Å². The Kier molecular flexibility index (Phi) is 3.90. The van der Waals surface area contributed by atoms with Crippen LogP contribution in [0.4, 0.5) is 0 Å². The molecule has 1 N–H and O–H groups in total. The van der Waals surface area contributed by atoms with E-state index in [0.717, 1.165) is 12.0 Å². The molecule has 5 heteroatoms. The summed E-state index contributed by atoms with van der Waals surface area (Å²) in [4.78, 5) is 11.2. The van der Waals surface area contributed by atoms with Crippen LogP contribution in [-0.2, 0) is 11.2 Å². The molecule has 1 aromatic carbocycles. The zero-order valence-corrected chi connectivity index (χ0v) is 11.8. The molecule has 1 aromatic rings. The fourth-order valence-corrected chi connectivity index (χ4v) is 2.17. The van der Waals surface area contributed by atoms with Crippen molar-refractivity contribution in [1.29, 1.82) is 0 Å². The molecular formula is C14H17ClO4. The number of rotatable bonds is 3. The largest absolute Gasteiger partial charge is 0.489 e. The van der Waals surface area contributed by atoms with Crippen LogP contribution in [0.15, 0.2) is 12.1 Å². The van der Waals surface area contributed by atoms with Gasteiger partial charge < -0.3 is 14.6 Å². The Morgan fingerprint density at radius 3 is 2.58 bits per heavy atom. The van der Waals surface area contributed by atoms with Gasteiger partial charge in [0.25, 0.3) is 0 Å². The molecule has 0 spiro atoms. The van der Waals surface area contributed by atoms with Gasteiger partial charge in [0.15, 0.2) is 11.5 Å². The van der Waals surface area contributed by atoms with Gasteiger partial charge in [-0.25, -0.2) is 0 Å². The Hall–Kier alpha value is -1.42. The molecule has 0 unspecified atom stereocenters. The number of carboxylic acid groups (broad SMARTS) is 1. The molecule has 0 aromatic heterocycles. The first-order chi connectivity index (χ1) is 8.92. The number of ether oxygens (including phenoxy) is 2. The second-order valence-corrected chi connectivity index (χ2v) is 5.69. The van der Waals surface area contributed by atoms with E-state index in [2.05, 4.69) is 0 Å². The number of carbonyl (C=O) groups is 1. The highest BCUT2D eigenvalue weighted by atomic mass is 35.5. The Balaban J connectivity index is 2.39. The van der Waals surface area contributed by atoms with Crippen molar-refractivity contribution in [3.63, 3.8) is 0 Å². The fraction of sp³-hybridized carbons (Fsp3) is 0.500. The summed E-state index contributed by atoms with van der Waals surface area (Å²) in [6.07, 6.45) is 1.15. The third kappa shape index (κ3) is 2.95. The van der Waals surface area contributed by atoms with Crippen molar-refractivity contribution >= 4 is 17.6 Å². The number of aliphatic carboxylic acids is 1. The Morgan fingerprint density at radius 2 is 1.95 bits per heavy atom. The number of fused-ring (bicyclic) bond motifs is 1. The van der Waals surface area contributed by atoms with Crippen LogP contribution in [-0.4, -0.2) is 24.3 Å². The minimum absolute atomic E-state index is 0.366. The molecule has 0 amide bonds. The minimum atomic E-state index is -0.864. The highest BCUT2D eigenvalue weighted by Gasteiger charge is 2.30. The number of halogens is 1. The van der Waals surface area contributed by atoms with Crippen LogP contribution in [0.1, 0.15) is 25.8 Å². The summed E-state index contributed by atoms with van der Waals surface area (Å²) in [5.41, 5.74) is -0.0502. The van der Waals surface area contributed by atoms with Crippen molar-refractivity contribution in [2.24, 2.45) is 5.41 Å². The summed E-state index contributed by atoms with van der Waals surface area (Å²) in [6.45, 7) is 4.48. The summed E-state index contributed by atoms with van der Waals surface area (Å²) >= 11 is 6.10. The average Bonchev–Trinajstić information content (AvgIpc) is 2.58. The summed E-state index contributed by atoms with van der Waals surface area (Å²) < 4.78 is 11.3. The molecule has 1 aliphatic rings. The maximum atomic E-state index is 11.2. The van der Waals surface area contributed by atoms with Gasteiger partial charge >= 0.3 is 5.97 Å². The molecule has 0 aliphatic carbocycles. The molecule has 4 nitrogen and oxygen atoms in total. The third-order valence-electron chi connectivity index (χ3n) is 3.14. The van der Waals surface area contributed by atoms with Gasteiger partial charge in [-0.2, -0.15) is 0 Å². The zero-order chi connectivity index (χ0) is 14.0. The average molecular weight is 285 g/mol. The fourth-order valence-electron chi connectivity index (χ4n) is 1.97. The summed E-state index contributed by atoms with van der Waals surface area (Å²) in [7, 11) is 0. The third-order valence-corrected chi connectivity index (χ3v) is 3.44. The maximum absolute atomic E-state index is 11.2. The van der Waals surface area contributed by atoms with Crippen molar-refractivity contribution in [1.82, 2.24) is 0 Å². The van der Waals surface area contributed by atoms with Gasteiger partial charge in [-0.3, -0.25) is 4.79 Å². The lowest BCUT2D eigenvalue weighted by molar-refractivity contribution is -0.146. The highest BCUT2D eigenvalue weighted by molar-refractivity contribution is 6.32. The van der Waals surface area contributed by atoms with E-state index in [1.54, 1.807) is 26.0 Å². The van der Waals surface area contributed by atoms with Gasteiger partial charge in [-0.1, -0.05) is 17.7 Å². The lowest BCUT2D eigenvalue weighted by Gasteiger charge is -2.21. The normalized spacial score (nSPS) is 14.9. The highest BCUT2D eigenvalue weighted by Crippen LogP contribution is 2.41. The van der Waals surface area contributed by atoms with E-state index in [0.29, 0.717) is 36.2 Å². The van der Waals surface area contributed by atoms with E-state index < -0.39 is 11.4 Å². The van der Waals surface area contributed by atoms with Crippen molar-refractivity contribution < 1.29 is 19.4 Å². The van der Waals surface area contributed by atoms with E-state index >= 15 is 0 Å². The standard InChI is InChI=1S/C14H17ClO4/c1-14(2,13(16)17)8-9-4-5-10(15)12-11(9)18-6-3-7-19-12/h4-5H,3,6-8H2,1-2H3,(H,16,17). The van der Waals surface area contributed by atoms with Crippen LogP contribution in [0, 0.1) is 5.41 Å². The van der Waals surface area contributed by atoms with Gasteiger partial charge in [0.1, 0.15) is 0 Å². The molecule has 0 fully saturated rings. The second-order valence-electron chi connectivity index (χ2n) is 5.28. The molecular weight excluding hydrogens is 268 g/mol. The smallest absolute Gasteiger partial charge is 0.309 e. The molecule has 0 atom stereocenters. The molecule has 0 radical (unpaired) electrons. The van der Waals surface area contributed by atoms with Crippen LogP contribution in [0.2, 0.25) is 5.02 Å². The number of carboxylic acids is 1. The van der Waals surface area contributed by atoms with Gasteiger partial charge in [0.2, 0.25) is 0 Å². The van der Waals surface area contributed by atoms with E-state index in [4.69, 9.17) is 21.1 Å². The van der Waals surface area contributed by atoms with Gasteiger partial charge in [0, 0.05) is 6.42 Å². The minimum Gasteiger partial charge on any atom is -0.489 e. The summed E-state index contributed by atoms with van der Waals surface area (Å²) in [6, 6.07) is 3.53. The Labute approximate surface area is 117 Å².